The number of amides is 1. The van der Waals surface area contributed by atoms with E-state index in [0.717, 1.165) is 30.6 Å². The van der Waals surface area contributed by atoms with Crippen molar-refractivity contribution in [2.24, 2.45) is 0 Å². The number of carbonyl (C=O) groups excluding carboxylic acids is 1. The van der Waals surface area contributed by atoms with E-state index in [1.54, 1.807) is 6.20 Å². The largest absolute Gasteiger partial charge is 0.351 e. The first-order chi connectivity index (χ1) is 7.27. The Morgan fingerprint density at radius 1 is 1.73 bits per heavy atom. The fraction of sp³-hybridized carbons (Fsp3) is 0.600. The molecule has 2 heterocycles. The summed E-state index contributed by atoms with van der Waals surface area (Å²) in [6, 6.07) is -0.00259. The van der Waals surface area contributed by atoms with Crippen LogP contribution in [0.2, 0.25) is 0 Å². The van der Waals surface area contributed by atoms with Gasteiger partial charge in [-0.05, 0) is 26.3 Å². The molecule has 1 saturated heterocycles. The minimum Gasteiger partial charge on any atom is -0.351 e. The molecule has 1 fully saturated rings. The highest BCUT2D eigenvalue weighted by Gasteiger charge is 2.21. The van der Waals surface area contributed by atoms with E-state index < -0.39 is 0 Å². The molecular weight excluding hydrogens is 192 g/mol. The third kappa shape index (κ3) is 2.36. The van der Waals surface area contributed by atoms with E-state index in [9.17, 15) is 4.79 Å². The van der Waals surface area contributed by atoms with Gasteiger partial charge in [-0.25, -0.2) is 0 Å². The first kappa shape index (κ1) is 10.2. The molecule has 1 aromatic rings. The van der Waals surface area contributed by atoms with Crippen molar-refractivity contribution in [3.63, 3.8) is 0 Å². The molecule has 1 amide bonds. The maximum Gasteiger partial charge on any atom is 0.237 e. The molecular formula is C10H16N4O. The van der Waals surface area contributed by atoms with Crippen LogP contribution in [0.5, 0.6) is 0 Å². The highest BCUT2D eigenvalue weighted by Crippen LogP contribution is 2.06. The first-order valence-corrected chi connectivity index (χ1v) is 5.27. The third-order valence-electron chi connectivity index (χ3n) is 2.76. The molecule has 0 unspecified atom stereocenters. The van der Waals surface area contributed by atoms with Crippen molar-refractivity contribution in [3.05, 3.63) is 17.5 Å². The van der Waals surface area contributed by atoms with Crippen LogP contribution in [-0.2, 0) is 11.3 Å². The highest BCUT2D eigenvalue weighted by molar-refractivity contribution is 5.81. The standard InChI is InChI=1S/C10H16N4O/c1-7-8(6-13-14-7)5-12-10(15)9-3-2-4-11-9/h6,9,11H,2-5H2,1H3,(H,12,15)(H,13,14)/t9-/m0/s1. The molecule has 0 radical (unpaired) electrons. The maximum atomic E-state index is 11.6. The Labute approximate surface area is 88.6 Å². The lowest BCUT2D eigenvalue weighted by atomic mass is 10.2. The number of aromatic amines is 1. The monoisotopic (exact) mass is 208 g/mol. The van der Waals surface area contributed by atoms with Crippen molar-refractivity contribution in [3.8, 4) is 0 Å². The van der Waals surface area contributed by atoms with E-state index >= 15 is 0 Å². The molecule has 1 aromatic heterocycles. The second-order valence-corrected chi connectivity index (χ2v) is 3.89. The Hall–Kier alpha value is -1.36. The van der Waals surface area contributed by atoms with Gasteiger partial charge >= 0.3 is 0 Å². The molecule has 2 rings (SSSR count). The Morgan fingerprint density at radius 3 is 3.20 bits per heavy atom. The van der Waals surface area contributed by atoms with Crippen LogP contribution in [0.25, 0.3) is 0 Å². The number of hydrogen-bond acceptors (Lipinski definition) is 3. The fourth-order valence-corrected chi connectivity index (χ4v) is 1.77. The van der Waals surface area contributed by atoms with Crippen molar-refractivity contribution in [1.29, 1.82) is 0 Å². The molecule has 0 aliphatic carbocycles. The molecule has 82 valence electrons. The maximum absolute atomic E-state index is 11.6. The van der Waals surface area contributed by atoms with E-state index in [-0.39, 0.29) is 11.9 Å². The van der Waals surface area contributed by atoms with Crippen LogP contribution in [-0.4, -0.2) is 28.7 Å². The van der Waals surface area contributed by atoms with Gasteiger partial charge in [-0.3, -0.25) is 9.89 Å². The van der Waals surface area contributed by atoms with Gasteiger partial charge in [-0.1, -0.05) is 0 Å². The Morgan fingerprint density at radius 2 is 2.60 bits per heavy atom. The minimum atomic E-state index is -0.00259. The van der Waals surface area contributed by atoms with E-state index in [0.29, 0.717) is 6.54 Å². The molecule has 1 aliphatic heterocycles. The summed E-state index contributed by atoms with van der Waals surface area (Å²) >= 11 is 0. The molecule has 1 aliphatic rings. The summed E-state index contributed by atoms with van der Waals surface area (Å²) in [6.45, 7) is 3.45. The van der Waals surface area contributed by atoms with Crippen LogP contribution in [0, 0.1) is 6.92 Å². The molecule has 0 aromatic carbocycles. The van der Waals surface area contributed by atoms with E-state index in [1.165, 1.54) is 0 Å². The number of aryl methyl sites for hydroxylation is 1. The summed E-state index contributed by atoms with van der Waals surface area (Å²) in [4.78, 5) is 11.6. The Bertz CT molecular complexity index is 341. The van der Waals surface area contributed by atoms with Crippen LogP contribution in [0.4, 0.5) is 0 Å². The average molecular weight is 208 g/mol. The minimum absolute atomic E-state index is 0.00259. The molecule has 0 bridgehead atoms. The quantitative estimate of drug-likeness (QED) is 0.659. The number of nitrogens with one attached hydrogen (secondary N) is 3. The zero-order valence-electron chi connectivity index (χ0n) is 8.84. The predicted octanol–water partition coefficient (Wildman–Crippen LogP) is 0.0863. The van der Waals surface area contributed by atoms with Gasteiger partial charge in [0.2, 0.25) is 5.91 Å². The Balaban J connectivity index is 1.83. The van der Waals surface area contributed by atoms with Gasteiger partial charge in [0.05, 0.1) is 12.2 Å². The number of carbonyl (C=O) groups is 1. The zero-order chi connectivity index (χ0) is 10.7. The summed E-state index contributed by atoms with van der Waals surface area (Å²) in [5, 5.41) is 12.8. The topological polar surface area (TPSA) is 69.8 Å². The molecule has 5 heteroatoms. The summed E-state index contributed by atoms with van der Waals surface area (Å²) < 4.78 is 0. The molecule has 1 atom stereocenters. The third-order valence-corrected chi connectivity index (χ3v) is 2.76. The van der Waals surface area contributed by atoms with E-state index in [2.05, 4.69) is 20.8 Å². The second-order valence-electron chi connectivity index (χ2n) is 3.89. The summed E-state index contributed by atoms with van der Waals surface area (Å²) in [5.74, 6) is 0.0908. The summed E-state index contributed by atoms with van der Waals surface area (Å²) in [5.41, 5.74) is 2.05. The molecule has 0 saturated carbocycles. The fourth-order valence-electron chi connectivity index (χ4n) is 1.77. The van der Waals surface area contributed by atoms with Crippen LogP contribution >= 0.6 is 0 Å². The van der Waals surface area contributed by atoms with Gasteiger partial charge in [0.25, 0.3) is 0 Å². The van der Waals surface area contributed by atoms with E-state index in [4.69, 9.17) is 0 Å². The lowest BCUT2D eigenvalue weighted by Gasteiger charge is -2.10. The first-order valence-electron chi connectivity index (χ1n) is 5.27. The molecule has 3 N–H and O–H groups in total. The number of rotatable bonds is 3. The second kappa shape index (κ2) is 4.44. The zero-order valence-corrected chi connectivity index (χ0v) is 8.84. The molecule has 5 nitrogen and oxygen atoms in total. The van der Waals surface area contributed by atoms with Crippen molar-refractivity contribution < 1.29 is 4.79 Å². The van der Waals surface area contributed by atoms with E-state index in [1.807, 2.05) is 6.92 Å². The number of nitrogens with zero attached hydrogens (tertiary/aromatic N) is 1. The number of aromatic nitrogens is 2. The lowest BCUT2D eigenvalue weighted by molar-refractivity contribution is -0.122. The normalized spacial score (nSPS) is 20.5. The van der Waals surface area contributed by atoms with Crippen LogP contribution in [0.3, 0.4) is 0 Å². The van der Waals surface area contributed by atoms with Crippen LogP contribution < -0.4 is 10.6 Å². The summed E-state index contributed by atoms with van der Waals surface area (Å²) in [6.07, 6.45) is 3.77. The molecule has 0 spiro atoms. The van der Waals surface area contributed by atoms with Gasteiger partial charge in [-0.15, -0.1) is 0 Å². The Kier molecular flexibility index (Phi) is 3.01. The SMILES string of the molecule is Cc1[nH]ncc1CNC(=O)[C@@H]1CCCN1. The predicted molar refractivity (Wildman–Crippen MR) is 56.2 cm³/mol. The molecule has 15 heavy (non-hydrogen) atoms. The van der Waals surface area contributed by atoms with Gasteiger partial charge in [-0.2, -0.15) is 5.10 Å². The summed E-state index contributed by atoms with van der Waals surface area (Å²) in [7, 11) is 0. The lowest BCUT2D eigenvalue weighted by Crippen LogP contribution is -2.40. The van der Waals surface area contributed by atoms with Crippen molar-refractivity contribution >= 4 is 5.91 Å². The average Bonchev–Trinajstić information content (AvgIpc) is 2.85. The highest BCUT2D eigenvalue weighted by atomic mass is 16.2. The van der Waals surface area contributed by atoms with Crippen LogP contribution in [0.1, 0.15) is 24.1 Å². The smallest absolute Gasteiger partial charge is 0.237 e. The number of hydrogen-bond donors (Lipinski definition) is 3. The van der Waals surface area contributed by atoms with Crippen LogP contribution in [0.15, 0.2) is 6.20 Å². The van der Waals surface area contributed by atoms with Crippen molar-refractivity contribution in [2.75, 3.05) is 6.54 Å². The van der Waals surface area contributed by atoms with Crippen molar-refractivity contribution in [2.45, 2.75) is 32.4 Å². The van der Waals surface area contributed by atoms with Crippen molar-refractivity contribution in [1.82, 2.24) is 20.8 Å². The van der Waals surface area contributed by atoms with Gasteiger partial charge in [0.1, 0.15) is 0 Å². The van der Waals surface area contributed by atoms with Gasteiger partial charge in [0, 0.05) is 17.8 Å². The van der Waals surface area contributed by atoms with Gasteiger partial charge < -0.3 is 10.6 Å². The van der Waals surface area contributed by atoms with Gasteiger partial charge in [0.15, 0.2) is 0 Å². The number of H-pyrrole nitrogens is 1.